The van der Waals surface area contributed by atoms with Gasteiger partial charge in [0.15, 0.2) is 0 Å². The smallest absolute Gasteiger partial charge is 0.0802 e. The van der Waals surface area contributed by atoms with Crippen LogP contribution in [0.15, 0.2) is 0 Å². The lowest BCUT2D eigenvalue weighted by Crippen LogP contribution is -2.43. The number of alkyl halides is 1. The summed E-state index contributed by atoms with van der Waals surface area (Å²) < 4.78 is 0. The molecule has 1 aliphatic heterocycles. The van der Waals surface area contributed by atoms with Crippen molar-refractivity contribution in [3.8, 4) is 0 Å². The number of aliphatic hydroxyl groups is 1. The van der Waals surface area contributed by atoms with E-state index in [1.165, 1.54) is 6.42 Å². The van der Waals surface area contributed by atoms with Crippen molar-refractivity contribution in [1.82, 2.24) is 4.90 Å². The first kappa shape index (κ1) is 11.3. The van der Waals surface area contributed by atoms with Crippen molar-refractivity contribution in [2.45, 2.75) is 38.8 Å². The molecule has 78 valence electrons. The van der Waals surface area contributed by atoms with Crippen LogP contribution in [0.4, 0.5) is 0 Å². The first-order valence-electron chi connectivity index (χ1n) is 4.95. The zero-order valence-electron chi connectivity index (χ0n) is 8.76. The average Bonchev–Trinajstić information content (AvgIpc) is 2.24. The van der Waals surface area contributed by atoms with E-state index in [-0.39, 0.29) is 11.6 Å². The van der Waals surface area contributed by atoms with Gasteiger partial charge in [-0.25, -0.2) is 0 Å². The summed E-state index contributed by atoms with van der Waals surface area (Å²) in [5.41, 5.74) is 0.229. The van der Waals surface area contributed by atoms with Crippen LogP contribution in [-0.4, -0.2) is 40.6 Å². The van der Waals surface area contributed by atoms with E-state index >= 15 is 0 Å². The monoisotopic (exact) mass is 205 g/mol. The predicted octanol–water partition coefficient (Wildman–Crippen LogP) is 1.71. The fraction of sp³-hybridized carbons (Fsp3) is 1.00. The minimum Gasteiger partial charge on any atom is -0.391 e. The molecule has 1 fully saturated rings. The molecule has 0 aliphatic carbocycles. The molecule has 1 heterocycles. The highest BCUT2D eigenvalue weighted by Gasteiger charge is 2.36. The predicted molar refractivity (Wildman–Crippen MR) is 56.2 cm³/mol. The van der Waals surface area contributed by atoms with Gasteiger partial charge in [0.2, 0.25) is 0 Å². The van der Waals surface area contributed by atoms with E-state index in [9.17, 15) is 5.11 Å². The molecule has 1 aliphatic rings. The van der Waals surface area contributed by atoms with Crippen LogP contribution in [0, 0.1) is 5.92 Å². The SMILES string of the molecule is CC1CN(CC(O)CCl)C(C)(C)C1. The number of β-amino-alcohol motifs (C(OH)–C–C–N with tert-alkyl or cyclic N) is 1. The molecule has 0 radical (unpaired) electrons. The van der Waals surface area contributed by atoms with E-state index in [4.69, 9.17) is 11.6 Å². The number of halogens is 1. The summed E-state index contributed by atoms with van der Waals surface area (Å²) in [5.74, 6) is 1.07. The minimum absolute atomic E-state index is 0.229. The summed E-state index contributed by atoms with van der Waals surface area (Å²) in [6.07, 6.45) is 0.827. The Kier molecular flexibility index (Phi) is 3.61. The zero-order chi connectivity index (χ0) is 10.1. The Morgan fingerprint density at radius 1 is 1.62 bits per heavy atom. The van der Waals surface area contributed by atoms with E-state index in [0.29, 0.717) is 12.4 Å². The quantitative estimate of drug-likeness (QED) is 0.710. The second kappa shape index (κ2) is 4.16. The van der Waals surface area contributed by atoms with Crippen LogP contribution >= 0.6 is 11.6 Å². The molecule has 2 nitrogen and oxygen atoms in total. The molecule has 0 spiro atoms. The molecule has 1 rings (SSSR count). The molecule has 13 heavy (non-hydrogen) atoms. The van der Waals surface area contributed by atoms with E-state index in [1.54, 1.807) is 0 Å². The number of aliphatic hydroxyl groups excluding tert-OH is 1. The molecular formula is C10H20ClNO. The molecule has 3 heteroatoms. The lowest BCUT2D eigenvalue weighted by atomic mass is 9.97. The molecule has 2 unspecified atom stereocenters. The van der Waals surface area contributed by atoms with Gasteiger partial charge in [0.1, 0.15) is 0 Å². The molecule has 0 aromatic rings. The average molecular weight is 206 g/mol. The number of nitrogens with zero attached hydrogens (tertiary/aromatic N) is 1. The Morgan fingerprint density at radius 2 is 2.23 bits per heavy atom. The molecule has 0 aromatic carbocycles. The molecule has 0 saturated carbocycles. The van der Waals surface area contributed by atoms with E-state index in [0.717, 1.165) is 12.5 Å². The van der Waals surface area contributed by atoms with Gasteiger partial charge in [0.05, 0.1) is 6.10 Å². The summed E-state index contributed by atoms with van der Waals surface area (Å²) in [7, 11) is 0. The summed E-state index contributed by atoms with van der Waals surface area (Å²) in [4.78, 5) is 2.34. The maximum atomic E-state index is 9.46. The number of rotatable bonds is 3. The highest BCUT2D eigenvalue weighted by atomic mass is 35.5. The van der Waals surface area contributed by atoms with Crippen LogP contribution < -0.4 is 0 Å². The van der Waals surface area contributed by atoms with Crippen LogP contribution in [0.5, 0.6) is 0 Å². The largest absolute Gasteiger partial charge is 0.391 e. The van der Waals surface area contributed by atoms with E-state index < -0.39 is 0 Å². The molecule has 2 atom stereocenters. The first-order valence-corrected chi connectivity index (χ1v) is 5.48. The number of likely N-dealkylation sites (tertiary alicyclic amines) is 1. The molecule has 1 saturated heterocycles. The van der Waals surface area contributed by atoms with Gasteiger partial charge in [-0.1, -0.05) is 6.92 Å². The molecule has 0 bridgehead atoms. The van der Waals surface area contributed by atoms with Crippen molar-refractivity contribution >= 4 is 11.6 Å². The zero-order valence-corrected chi connectivity index (χ0v) is 9.51. The molecule has 0 amide bonds. The van der Waals surface area contributed by atoms with Crippen molar-refractivity contribution in [2.24, 2.45) is 5.92 Å². The van der Waals surface area contributed by atoms with Gasteiger partial charge in [-0.05, 0) is 26.2 Å². The number of hydrogen-bond donors (Lipinski definition) is 1. The van der Waals surface area contributed by atoms with Crippen LogP contribution in [0.1, 0.15) is 27.2 Å². The van der Waals surface area contributed by atoms with Gasteiger partial charge in [0.25, 0.3) is 0 Å². The molecule has 1 N–H and O–H groups in total. The fourth-order valence-corrected chi connectivity index (χ4v) is 2.39. The Bertz CT molecular complexity index is 172. The van der Waals surface area contributed by atoms with Gasteiger partial charge >= 0.3 is 0 Å². The van der Waals surface area contributed by atoms with Crippen molar-refractivity contribution < 1.29 is 5.11 Å². The van der Waals surface area contributed by atoms with Crippen LogP contribution in [0.2, 0.25) is 0 Å². The summed E-state index contributed by atoms with van der Waals surface area (Å²) in [6.45, 7) is 8.52. The van der Waals surface area contributed by atoms with Gasteiger partial charge < -0.3 is 5.11 Å². The summed E-state index contributed by atoms with van der Waals surface area (Å²) >= 11 is 5.58. The third-order valence-corrected chi connectivity index (χ3v) is 3.20. The number of hydrogen-bond acceptors (Lipinski definition) is 2. The second-order valence-corrected chi connectivity index (χ2v) is 5.14. The Morgan fingerprint density at radius 3 is 2.62 bits per heavy atom. The van der Waals surface area contributed by atoms with Gasteiger partial charge in [-0.3, -0.25) is 4.90 Å². The standard InChI is InChI=1S/C10H20ClNO/c1-8-4-10(2,3)12(6-8)7-9(13)5-11/h8-9,13H,4-7H2,1-3H3. The summed E-state index contributed by atoms with van der Waals surface area (Å²) in [5, 5.41) is 9.46. The minimum atomic E-state index is -0.383. The van der Waals surface area contributed by atoms with Crippen molar-refractivity contribution in [1.29, 1.82) is 0 Å². The topological polar surface area (TPSA) is 23.5 Å². The van der Waals surface area contributed by atoms with Crippen molar-refractivity contribution in [3.63, 3.8) is 0 Å². The van der Waals surface area contributed by atoms with Crippen LogP contribution in [-0.2, 0) is 0 Å². The van der Waals surface area contributed by atoms with Gasteiger partial charge in [-0.15, -0.1) is 11.6 Å². The molecule has 0 aromatic heterocycles. The lowest BCUT2D eigenvalue weighted by Gasteiger charge is -2.32. The van der Waals surface area contributed by atoms with Crippen molar-refractivity contribution in [2.75, 3.05) is 19.0 Å². The Hall–Kier alpha value is 0.210. The van der Waals surface area contributed by atoms with Crippen molar-refractivity contribution in [3.05, 3.63) is 0 Å². The van der Waals surface area contributed by atoms with E-state index in [1.807, 2.05) is 0 Å². The molecular weight excluding hydrogens is 186 g/mol. The third-order valence-electron chi connectivity index (χ3n) is 2.85. The third kappa shape index (κ3) is 2.83. The lowest BCUT2D eigenvalue weighted by molar-refractivity contribution is 0.0897. The fourth-order valence-electron chi connectivity index (χ4n) is 2.29. The maximum absolute atomic E-state index is 9.46. The van der Waals surface area contributed by atoms with Gasteiger partial charge in [-0.2, -0.15) is 0 Å². The highest BCUT2D eigenvalue weighted by molar-refractivity contribution is 6.18. The Labute approximate surface area is 85.9 Å². The second-order valence-electron chi connectivity index (χ2n) is 4.83. The van der Waals surface area contributed by atoms with E-state index in [2.05, 4.69) is 25.7 Å². The normalized spacial score (nSPS) is 30.7. The van der Waals surface area contributed by atoms with Crippen LogP contribution in [0.25, 0.3) is 0 Å². The van der Waals surface area contributed by atoms with Crippen LogP contribution in [0.3, 0.4) is 0 Å². The Balaban J connectivity index is 2.50. The maximum Gasteiger partial charge on any atom is 0.0802 e. The first-order chi connectivity index (χ1) is 5.95. The summed E-state index contributed by atoms with van der Waals surface area (Å²) in [6, 6.07) is 0. The van der Waals surface area contributed by atoms with Gasteiger partial charge in [0, 0.05) is 24.5 Å². The highest BCUT2D eigenvalue weighted by Crippen LogP contribution is 2.32.